The van der Waals surface area contributed by atoms with Gasteiger partial charge in [0.2, 0.25) is 0 Å². The van der Waals surface area contributed by atoms with E-state index in [9.17, 15) is 0 Å². The highest BCUT2D eigenvalue weighted by Crippen LogP contribution is 2.39. The number of benzene rings is 6. The number of rotatable bonds is 8. The molecule has 0 unspecified atom stereocenters. The maximum absolute atomic E-state index is 6.60. The van der Waals surface area contributed by atoms with Crippen molar-refractivity contribution in [2.75, 3.05) is 0 Å². The predicted octanol–water partition coefficient (Wildman–Crippen LogP) is 12.3. The molecule has 0 spiro atoms. The van der Waals surface area contributed by atoms with Crippen LogP contribution in [0, 0.1) is 0 Å². The smallest absolute Gasteiger partial charge is 0.144 e. The molecule has 0 amide bonds. The first-order valence-corrected chi connectivity index (χ1v) is 17.1. The van der Waals surface area contributed by atoms with E-state index in [1.54, 1.807) is 0 Å². The van der Waals surface area contributed by atoms with Crippen molar-refractivity contribution in [3.05, 3.63) is 163 Å². The van der Waals surface area contributed by atoms with Gasteiger partial charge in [-0.05, 0) is 88.7 Å². The van der Waals surface area contributed by atoms with Crippen LogP contribution in [0.15, 0.2) is 152 Å². The molecule has 49 heavy (non-hydrogen) atoms. The molecule has 8 rings (SSSR count). The van der Waals surface area contributed by atoms with Crippen LogP contribution in [0.4, 0.5) is 0 Å². The van der Waals surface area contributed by atoms with Gasteiger partial charge in [0.05, 0.1) is 16.7 Å². The molecule has 0 aliphatic rings. The summed E-state index contributed by atoms with van der Waals surface area (Å²) in [6.45, 7) is 9.10. The maximum Gasteiger partial charge on any atom is 0.144 e. The summed E-state index contributed by atoms with van der Waals surface area (Å²) in [6.07, 6.45) is 3.99. The van der Waals surface area contributed by atoms with Gasteiger partial charge in [-0.2, -0.15) is 0 Å². The fourth-order valence-electron chi connectivity index (χ4n) is 7.04. The molecular weight excluding hydrogens is 599 g/mol. The van der Waals surface area contributed by atoms with Crippen molar-refractivity contribution in [1.82, 2.24) is 14.1 Å². The average molecular weight is 638 g/mol. The van der Waals surface area contributed by atoms with Gasteiger partial charge in [0.15, 0.2) is 0 Å². The van der Waals surface area contributed by atoms with Crippen molar-refractivity contribution in [3.63, 3.8) is 0 Å². The Kier molecular flexibility index (Phi) is 7.85. The molecule has 0 fully saturated rings. The molecule has 2 heterocycles. The van der Waals surface area contributed by atoms with E-state index >= 15 is 0 Å². The quantitative estimate of drug-likeness (QED) is 0.166. The van der Waals surface area contributed by atoms with E-state index in [0.29, 0.717) is 11.8 Å². The van der Waals surface area contributed by atoms with Crippen molar-refractivity contribution in [3.8, 4) is 45.4 Å². The van der Waals surface area contributed by atoms with Gasteiger partial charge in [0.1, 0.15) is 17.3 Å². The number of imidazole rings is 1. The summed E-state index contributed by atoms with van der Waals surface area (Å²) >= 11 is 0. The summed E-state index contributed by atoms with van der Waals surface area (Å²) in [5, 5.41) is 2.42. The minimum atomic E-state index is 0.322. The first-order chi connectivity index (χ1) is 24.0. The van der Waals surface area contributed by atoms with Crippen LogP contribution < -0.4 is 4.74 Å². The molecule has 0 saturated heterocycles. The normalized spacial score (nSPS) is 11.6. The molecule has 6 aromatic carbocycles. The van der Waals surface area contributed by atoms with Crippen LogP contribution >= 0.6 is 0 Å². The van der Waals surface area contributed by atoms with E-state index < -0.39 is 0 Å². The molecule has 240 valence electrons. The Bertz CT molecular complexity index is 2390. The lowest BCUT2D eigenvalue weighted by molar-refractivity contribution is 0.483. The number of ether oxygens (including phenoxy) is 1. The first kappa shape index (κ1) is 30.5. The van der Waals surface area contributed by atoms with Crippen LogP contribution in [-0.2, 0) is 0 Å². The zero-order valence-corrected chi connectivity index (χ0v) is 28.3. The topological polar surface area (TPSA) is 32.0 Å². The third-order valence-electron chi connectivity index (χ3n) is 9.39. The van der Waals surface area contributed by atoms with E-state index in [0.717, 1.165) is 34.1 Å². The van der Waals surface area contributed by atoms with Crippen LogP contribution in [-0.4, -0.2) is 14.1 Å². The fraction of sp³-hybridized carbons (Fsp3) is 0.133. The minimum Gasteiger partial charge on any atom is -0.457 e. The lowest BCUT2D eigenvalue weighted by atomic mass is 9.88. The number of aromatic nitrogens is 3. The second kappa shape index (κ2) is 12.6. The average Bonchev–Trinajstić information content (AvgIpc) is 3.75. The second-order valence-electron chi connectivity index (χ2n) is 13.3. The van der Waals surface area contributed by atoms with Gasteiger partial charge in [-0.1, -0.05) is 107 Å². The third kappa shape index (κ3) is 5.59. The maximum atomic E-state index is 6.60. The van der Waals surface area contributed by atoms with Gasteiger partial charge in [-0.25, -0.2) is 4.98 Å². The molecule has 0 bridgehead atoms. The molecule has 0 aliphatic heterocycles. The van der Waals surface area contributed by atoms with Crippen molar-refractivity contribution < 1.29 is 4.74 Å². The van der Waals surface area contributed by atoms with Crippen molar-refractivity contribution in [2.24, 2.45) is 0 Å². The molecule has 2 aromatic heterocycles. The Labute approximate surface area is 287 Å². The number of hydrogen-bond donors (Lipinski definition) is 0. The predicted molar refractivity (Wildman–Crippen MR) is 203 cm³/mol. The van der Waals surface area contributed by atoms with Crippen LogP contribution in [0.1, 0.15) is 50.7 Å². The number of para-hydroxylation sites is 2. The molecule has 0 radical (unpaired) electrons. The zero-order chi connectivity index (χ0) is 33.5. The highest BCUT2D eigenvalue weighted by atomic mass is 16.5. The Morgan fingerprint density at radius 2 is 1.16 bits per heavy atom. The molecule has 4 heteroatoms. The number of hydrogen-bond acceptors (Lipinski definition) is 2. The monoisotopic (exact) mass is 637 g/mol. The van der Waals surface area contributed by atoms with Gasteiger partial charge in [-0.3, -0.25) is 4.57 Å². The second-order valence-corrected chi connectivity index (χ2v) is 13.3. The molecule has 0 N–H and O–H groups in total. The summed E-state index contributed by atoms with van der Waals surface area (Å²) in [4.78, 5) is 4.91. The Morgan fingerprint density at radius 3 is 1.90 bits per heavy atom. The molecule has 0 saturated carbocycles. The van der Waals surface area contributed by atoms with Crippen LogP contribution in [0.2, 0.25) is 0 Å². The SMILES string of the molecule is CC(C)c1cc(-c2ccccc2)cc(C(C)C)c1-n1ccnc1-c1cccc(Oc2ccc3c4ccccc4n(-c4ccccc4)c3c2)c1. The lowest BCUT2D eigenvalue weighted by Crippen LogP contribution is -2.08. The number of nitrogens with zero attached hydrogens (tertiary/aromatic N) is 3. The molecule has 8 aromatic rings. The first-order valence-electron chi connectivity index (χ1n) is 17.1. The van der Waals surface area contributed by atoms with Crippen molar-refractivity contribution in [2.45, 2.75) is 39.5 Å². The molecule has 4 nitrogen and oxygen atoms in total. The summed E-state index contributed by atoms with van der Waals surface area (Å²) in [7, 11) is 0. The third-order valence-corrected chi connectivity index (χ3v) is 9.39. The minimum absolute atomic E-state index is 0.322. The van der Waals surface area contributed by atoms with Gasteiger partial charge in [-0.15, -0.1) is 0 Å². The fourth-order valence-corrected chi connectivity index (χ4v) is 7.04. The van der Waals surface area contributed by atoms with E-state index in [-0.39, 0.29) is 0 Å². The van der Waals surface area contributed by atoms with Crippen molar-refractivity contribution in [1.29, 1.82) is 0 Å². The van der Waals surface area contributed by atoms with Gasteiger partial charge >= 0.3 is 0 Å². The Morgan fingerprint density at radius 1 is 0.531 bits per heavy atom. The van der Waals surface area contributed by atoms with Crippen LogP contribution in [0.5, 0.6) is 11.5 Å². The van der Waals surface area contributed by atoms with Crippen LogP contribution in [0.25, 0.3) is 55.7 Å². The Hall–Kier alpha value is -5.87. The lowest BCUT2D eigenvalue weighted by Gasteiger charge is -2.24. The Balaban J connectivity index is 1.19. The number of fused-ring (bicyclic) bond motifs is 3. The van der Waals surface area contributed by atoms with Gasteiger partial charge < -0.3 is 9.30 Å². The molecule has 0 aliphatic carbocycles. The standard InChI is InChI=1S/C45H39N3O/c1-30(2)40-27-34(32-14-7-5-8-15-32)28-41(31(3)4)44(40)47-25-24-46-45(47)33-16-13-19-36(26-33)49-37-22-23-39-38-20-11-12-21-42(38)48(43(39)29-37)35-17-9-6-10-18-35/h5-31H,1-4H3. The van der Waals surface area contributed by atoms with Crippen LogP contribution in [0.3, 0.4) is 0 Å². The molecule has 0 atom stereocenters. The summed E-state index contributed by atoms with van der Waals surface area (Å²) in [5.41, 5.74) is 10.7. The summed E-state index contributed by atoms with van der Waals surface area (Å²) < 4.78 is 11.2. The largest absolute Gasteiger partial charge is 0.457 e. The van der Waals surface area contributed by atoms with E-state index in [1.165, 1.54) is 44.2 Å². The molecular formula is C45H39N3O. The zero-order valence-electron chi connectivity index (χ0n) is 28.3. The van der Waals surface area contributed by atoms with Crippen molar-refractivity contribution >= 4 is 21.8 Å². The van der Waals surface area contributed by atoms with E-state index in [1.807, 2.05) is 18.3 Å². The highest BCUT2D eigenvalue weighted by molar-refractivity contribution is 6.09. The summed E-state index contributed by atoms with van der Waals surface area (Å²) in [5.74, 6) is 3.08. The van der Waals surface area contributed by atoms with E-state index in [2.05, 4.69) is 170 Å². The summed E-state index contributed by atoms with van der Waals surface area (Å²) in [6, 6.07) is 49.1. The van der Waals surface area contributed by atoms with Gasteiger partial charge in [0, 0.05) is 40.5 Å². The van der Waals surface area contributed by atoms with E-state index in [4.69, 9.17) is 9.72 Å². The highest BCUT2D eigenvalue weighted by Gasteiger charge is 2.21. The van der Waals surface area contributed by atoms with Gasteiger partial charge in [0.25, 0.3) is 0 Å².